The zero-order valence-electron chi connectivity index (χ0n) is 18.3. The number of hydrogen-bond acceptors (Lipinski definition) is 3. The first kappa shape index (κ1) is 22.3. The SMILES string of the molecule is O=C1CN(C(=O)C(Cc2ccccc2)NC(=O)C(c2ccccc2)c2ccccc2)CCN1. The maximum atomic E-state index is 13.6. The van der Waals surface area contributed by atoms with Crippen LogP contribution < -0.4 is 10.6 Å². The molecule has 1 heterocycles. The van der Waals surface area contributed by atoms with Gasteiger partial charge in [-0.1, -0.05) is 91.0 Å². The van der Waals surface area contributed by atoms with E-state index in [4.69, 9.17) is 0 Å². The summed E-state index contributed by atoms with van der Waals surface area (Å²) in [7, 11) is 0. The first-order valence-corrected chi connectivity index (χ1v) is 11.1. The van der Waals surface area contributed by atoms with Crippen molar-refractivity contribution in [2.45, 2.75) is 18.4 Å². The minimum absolute atomic E-state index is 0.000786. The van der Waals surface area contributed by atoms with Crippen molar-refractivity contribution < 1.29 is 14.4 Å². The Morgan fingerprint density at radius 2 is 1.39 bits per heavy atom. The quantitative estimate of drug-likeness (QED) is 0.591. The van der Waals surface area contributed by atoms with Gasteiger partial charge in [0.15, 0.2) is 0 Å². The molecular formula is C27H27N3O3. The van der Waals surface area contributed by atoms with Crippen molar-refractivity contribution >= 4 is 17.7 Å². The average molecular weight is 442 g/mol. The van der Waals surface area contributed by atoms with Crippen LogP contribution in [0.5, 0.6) is 0 Å². The molecule has 1 atom stereocenters. The summed E-state index contributed by atoms with van der Waals surface area (Å²) in [6.07, 6.45) is 0.347. The number of carbonyl (C=O) groups is 3. The van der Waals surface area contributed by atoms with E-state index in [1.165, 1.54) is 4.90 Å². The van der Waals surface area contributed by atoms with E-state index in [1.807, 2.05) is 91.0 Å². The summed E-state index contributed by atoms with van der Waals surface area (Å²) in [6.45, 7) is 0.834. The zero-order chi connectivity index (χ0) is 23.0. The van der Waals surface area contributed by atoms with Crippen LogP contribution in [0.15, 0.2) is 91.0 Å². The van der Waals surface area contributed by atoms with Crippen LogP contribution in [-0.2, 0) is 20.8 Å². The van der Waals surface area contributed by atoms with Gasteiger partial charge in [-0.05, 0) is 16.7 Å². The van der Waals surface area contributed by atoms with Crippen LogP contribution in [0.1, 0.15) is 22.6 Å². The lowest BCUT2D eigenvalue weighted by molar-refractivity contribution is -0.141. The van der Waals surface area contributed by atoms with E-state index in [1.54, 1.807) is 0 Å². The molecule has 4 rings (SSSR count). The Kier molecular flexibility index (Phi) is 7.15. The fraction of sp³-hybridized carbons (Fsp3) is 0.222. The first-order chi connectivity index (χ1) is 16.1. The first-order valence-electron chi connectivity index (χ1n) is 11.1. The summed E-state index contributed by atoms with van der Waals surface area (Å²) in [5, 5.41) is 5.75. The number of carbonyl (C=O) groups excluding carboxylic acids is 3. The molecule has 3 aromatic rings. The van der Waals surface area contributed by atoms with Crippen LogP contribution in [-0.4, -0.2) is 48.3 Å². The average Bonchev–Trinajstić information content (AvgIpc) is 2.85. The van der Waals surface area contributed by atoms with Crippen molar-refractivity contribution in [3.8, 4) is 0 Å². The molecule has 1 aliphatic heterocycles. The van der Waals surface area contributed by atoms with E-state index in [-0.39, 0.29) is 24.3 Å². The minimum Gasteiger partial charge on any atom is -0.353 e. The Bertz CT molecular complexity index is 1050. The summed E-state index contributed by atoms with van der Waals surface area (Å²) in [5.41, 5.74) is 2.64. The Balaban J connectivity index is 1.62. The van der Waals surface area contributed by atoms with Crippen molar-refractivity contribution in [1.82, 2.24) is 15.5 Å². The molecule has 2 N–H and O–H groups in total. The van der Waals surface area contributed by atoms with Crippen molar-refractivity contribution in [2.75, 3.05) is 19.6 Å². The van der Waals surface area contributed by atoms with Crippen LogP contribution in [0.25, 0.3) is 0 Å². The molecule has 0 bridgehead atoms. The molecule has 6 heteroatoms. The van der Waals surface area contributed by atoms with Crippen LogP contribution in [0.4, 0.5) is 0 Å². The summed E-state index contributed by atoms with van der Waals surface area (Å²) >= 11 is 0. The smallest absolute Gasteiger partial charge is 0.246 e. The number of piperazine rings is 1. The molecule has 1 aliphatic rings. The topological polar surface area (TPSA) is 78.5 Å². The molecule has 0 spiro atoms. The van der Waals surface area contributed by atoms with Crippen molar-refractivity contribution in [3.05, 3.63) is 108 Å². The molecule has 168 valence electrons. The predicted molar refractivity (Wildman–Crippen MR) is 126 cm³/mol. The van der Waals surface area contributed by atoms with E-state index < -0.39 is 12.0 Å². The number of amides is 3. The fourth-order valence-electron chi connectivity index (χ4n) is 4.14. The summed E-state index contributed by atoms with van der Waals surface area (Å²) < 4.78 is 0. The van der Waals surface area contributed by atoms with Gasteiger partial charge in [0, 0.05) is 19.5 Å². The van der Waals surface area contributed by atoms with E-state index in [0.29, 0.717) is 19.5 Å². The van der Waals surface area contributed by atoms with Gasteiger partial charge in [-0.25, -0.2) is 0 Å². The zero-order valence-corrected chi connectivity index (χ0v) is 18.3. The Labute approximate surface area is 193 Å². The fourth-order valence-corrected chi connectivity index (χ4v) is 4.14. The highest BCUT2D eigenvalue weighted by Crippen LogP contribution is 2.25. The molecular weight excluding hydrogens is 414 g/mol. The molecule has 0 aliphatic carbocycles. The monoisotopic (exact) mass is 441 g/mol. The third-order valence-corrected chi connectivity index (χ3v) is 5.78. The van der Waals surface area contributed by atoms with Gasteiger partial charge in [-0.2, -0.15) is 0 Å². The highest BCUT2D eigenvalue weighted by Gasteiger charge is 2.32. The number of nitrogens with one attached hydrogen (secondary N) is 2. The number of hydrogen-bond donors (Lipinski definition) is 2. The van der Waals surface area contributed by atoms with Gasteiger partial charge in [-0.15, -0.1) is 0 Å². The van der Waals surface area contributed by atoms with Crippen LogP contribution in [0.3, 0.4) is 0 Å². The maximum Gasteiger partial charge on any atom is 0.246 e. The van der Waals surface area contributed by atoms with Gasteiger partial charge in [0.2, 0.25) is 17.7 Å². The van der Waals surface area contributed by atoms with Crippen LogP contribution >= 0.6 is 0 Å². The van der Waals surface area contributed by atoms with E-state index in [2.05, 4.69) is 10.6 Å². The second kappa shape index (κ2) is 10.6. The van der Waals surface area contributed by atoms with Gasteiger partial charge in [-0.3, -0.25) is 14.4 Å². The van der Waals surface area contributed by atoms with Gasteiger partial charge in [0.05, 0.1) is 12.5 Å². The second-order valence-corrected chi connectivity index (χ2v) is 8.12. The number of rotatable bonds is 7. The van der Waals surface area contributed by atoms with E-state index >= 15 is 0 Å². The Hall–Kier alpha value is -3.93. The lowest BCUT2D eigenvalue weighted by Crippen LogP contribution is -2.56. The van der Waals surface area contributed by atoms with Crippen molar-refractivity contribution in [2.24, 2.45) is 0 Å². The van der Waals surface area contributed by atoms with Gasteiger partial charge < -0.3 is 15.5 Å². The summed E-state index contributed by atoms with van der Waals surface area (Å²) in [4.78, 5) is 40.4. The highest BCUT2D eigenvalue weighted by atomic mass is 16.2. The molecule has 0 saturated carbocycles. The van der Waals surface area contributed by atoms with E-state index in [0.717, 1.165) is 16.7 Å². The molecule has 1 unspecified atom stereocenters. The molecule has 6 nitrogen and oxygen atoms in total. The molecule has 3 aromatic carbocycles. The Morgan fingerprint density at radius 1 is 0.848 bits per heavy atom. The molecule has 3 amide bonds. The van der Waals surface area contributed by atoms with Gasteiger partial charge in [0.1, 0.15) is 6.04 Å². The minimum atomic E-state index is -0.777. The standard InChI is InChI=1S/C27H27N3O3/c31-24-19-30(17-16-28-24)27(33)23(18-20-10-4-1-5-11-20)29-26(32)25(21-12-6-2-7-13-21)22-14-8-3-9-15-22/h1-15,23,25H,16-19H2,(H,28,31)(H,29,32). The molecule has 0 aromatic heterocycles. The normalized spacial score (nSPS) is 14.5. The number of benzene rings is 3. The van der Waals surface area contributed by atoms with Crippen LogP contribution in [0.2, 0.25) is 0 Å². The van der Waals surface area contributed by atoms with Gasteiger partial charge in [0.25, 0.3) is 0 Å². The third kappa shape index (κ3) is 5.66. The van der Waals surface area contributed by atoms with Crippen LogP contribution in [0, 0.1) is 0 Å². The molecule has 0 radical (unpaired) electrons. The van der Waals surface area contributed by atoms with Gasteiger partial charge >= 0.3 is 0 Å². The maximum absolute atomic E-state index is 13.6. The predicted octanol–water partition coefficient (Wildman–Crippen LogP) is 2.50. The third-order valence-electron chi connectivity index (χ3n) is 5.78. The lowest BCUT2D eigenvalue weighted by Gasteiger charge is -2.31. The van der Waals surface area contributed by atoms with Crippen molar-refractivity contribution in [1.29, 1.82) is 0 Å². The summed E-state index contributed by atoms with van der Waals surface area (Å²) in [6, 6.07) is 27.9. The lowest BCUT2D eigenvalue weighted by atomic mass is 9.90. The Morgan fingerprint density at radius 3 is 1.94 bits per heavy atom. The molecule has 1 saturated heterocycles. The molecule has 1 fully saturated rings. The summed E-state index contributed by atoms with van der Waals surface area (Å²) in [5.74, 6) is -1.24. The second-order valence-electron chi connectivity index (χ2n) is 8.12. The van der Waals surface area contributed by atoms with E-state index in [9.17, 15) is 14.4 Å². The number of nitrogens with zero attached hydrogens (tertiary/aromatic N) is 1. The largest absolute Gasteiger partial charge is 0.353 e. The molecule has 33 heavy (non-hydrogen) atoms. The van der Waals surface area contributed by atoms with Crippen molar-refractivity contribution in [3.63, 3.8) is 0 Å². The highest BCUT2D eigenvalue weighted by molar-refractivity contribution is 5.94.